The Morgan fingerprint density at radius 3 is 2.68 bits per heavy atom. The molecule has 2 aromatic rings. The highest BCUT2D eigenvalue weighted by Crippen LogP contribution is 2.10. The van der Waals surface area contributed by atoms with E-state index < -0.39 is 0 Å². The number of nitrogens with one attached hydrogen (secondary N) is 2. The van der Waals surface area contributed by atoms with Crippen molar-refractivity contribution in [2.24, 2.45) is 4.99 Å². The van der Waals surface area contributed by atoms with Crippen molar-refractivity contribution in [1.82, 2.24) is 10.6 Å². The van der Waals surface area contributed by atoms with E-state index in [2.05, 4.69) is 15.6 Å². The van der Waals surface area contributed by atoms with Crippen LogP contribution in [0.2, 0.25) is 5.02 Å². The molecule has 0 amide bonds. The van der Waals surface area contributed by atoms with Crippen LogP contribution in [0.25, 0.3) is 0 Å². The topological polar surface area (TPSA) is 36.4 Å². The first kappa shape index (κ1) is 16.3. The summed E-state index contributed by atoms with van der Waals surface area (Å²) in [7, 11) is 1.70. The molecule has 116 valence electrons. The lowest BCUT2D eigenvalue weighted by atomic mass is 10.1. The second-order valence-electron chi connectivity index (χ2n) is 4.82. The lowest BCUT2D eigenvalue weighted by Gasteiger charge is -2.12. The second kappa shape index (κ2) is 8.39. The first-order valence-corrected chi connectivity index (χ1v) is 7.49. The third kappa shape index (κ3) is 5.04. The number of guanidine groups is 1. The molecular formula is C17H19ClFN3. The fraction of sp³-hybridized carbons (Fsp3) is 0.235. The maximum Gasteiger partial charge on any atom is 0.191 e. The number of aliphatic imine (C=N–C) groups is 1. The van der Waals surface area contributed by atoms with E-state index in [1.54, 1.807) is 19.2 Å². The Labute approximate surface area is 135 Å². The van der Waals surface area contributed by atoms with Crippen molar-refractivity contribution < 1.29 is 4.39 Å². The van der Waals surface area contributed by atoms with Gasteiger partial charge >= 0.3 is 0 Å². The molecule has 0 unspecified atom stereocenters. The van der Waals surface area contributed by atoms with Gasteiger partial charge in [0.05, 0.1) is 0 Å². The first-order chi connectivity index (χ1) is 10.7. The van der Waals surface area contributed by atoms with Crippen LogP contribution in [0.3, 0.4) is 0 Å². The molecule has 22 heavy (non-hydrogen) atoms. The molecule has 0 saturated carbocycles. The highest BCUT2D eigenvalue weighted by Gasteiger charge is 2.02. The Balaban J connectivity index is 1.79. The predicted molar refractivity (Wildman–Crippen MR) is 89.8 cm³/mol. The van der Waals surface area contributed by atoms with Crippen molar-refractivity contribution in [3.63, 3.8) is 0 Å². The summed E-state index contributed by atoms with van der Waals surface area (Å²) in [5.41, 5.74) is 1.77. The lowest BCUT2D eigenvalue weighted by Crippen LogP contribution is -2.37. The van der Waals surface area contributed by atoms with Gasteiger partial charge in [0, 0.05) is 25.2 Å². The maximum absolute atomic E-state index is 13.5. The molecule has 2 rings (SSSR count). The Morgan fingerprint density at radius 1 is 1.14 bits per heavy atom. The number of nitrogens with zero attached hydrogens (tertiary/aromatic N) is 1. The first-order valence-electron chi connectivity index (χ1n) is 7.11. The SMILES string of the molecule is CN=C(NCCc1ccccc1F)NCc1cccc(Cl)c1. The number of rotatable bonds is 5. The monoisotopic (exact) mass is 319 g/mol. The maximum atomic E-state index is 13.5. The standard InChI is InChI=1S/C17H19ClFN3/c1-20-17(22-12-13-5-4-7-15(18)11-13)21-10-9-14-6-2-3-8-16(14)19/h2-8,11H,9-10,12H2,1H3,(H2,20,21,22). The normalized spacial score (nSPS) is 11.3. The van der Waals surface area contributed by atoms with Crippen molar-refractivity contribution in [2.45, 2.75) is 13.0 Å². The van der Waals surface area contributed by atoms with Crippen LogP contribution >= 0.6 is 11.6 Å². The summed E-state index contributed by atoms with van der Waals surface area (Å²) in [6.07, 6.45) is 0.602. The zero-order chi connectivity index (χ0) is 15.8. The third-order valence-corrected chi connectivity index (χ3v) is 3.45. The lowest BCUT2D eigenvalue weighted by molar-refractivity contribution is 0.606. The van der Waals surface area contributed by atoms with E-state index in [0.29, 0.717) is 36.1 Å². The Hall–Kier alpha value is -2.07. The fourth-order valence-corrected chi connectivity index (χ4v) is 2.28. The number of benzene rings is 2. The van der Waals surface area contributed by atoms with E-state index >= 15 is 0 Å². The average Bonchev–Trinajstić information content (AvgIpc) is 2.52. The van der Waals surface area contributed by atoms with Crippen LogP contribution in [0.4, 0.5) is 4.39 Å². The van der Waals surface area contributed by atoms with Gasteiger partial charge in [0.25, 0.3) is 0 Å². The van der Waals surface area contributed by atoms with Gasteiger partial charge in [0.15, 0.2) is 5.96 Å². The summed E-state index contributed by atoms with van der Waals surface area (Å²) in [6, 6.07) is 14.4. The van der Waals surface area contributed by atoms with Gasteiger partial charge in [0.1, 0.15) is 5.82 Å². The van der Waals surface area contributed by atoms with Crippen molar-refractivity contribution in [3.05, 3.63) is 70.5 Å². The van der Waals surface area contributed by atoms with Crippen LogP contribution in [0.15, 0.2) is 53.5 Å². The molecule has 0 aliphatic rings. The molecule has 0 atom stereocenters. The summed E-state index contributed by atoms with van der Waals surface area (Å²) >= 11 is 5.95. The largest absolute Gasteiger partial charge is 0.356 e. The molecule has 0 spiro atoms. The van der Waals surface area contributed by atoms with E-state index in [1.165, 1.54) is 6.07 Å². The minimum Gasteiger partial charge on any atom is -0.356 e. The molecule has 2 N–H and O–H groups in total. The number of hydrogen-bond donors (Lipinski definition) is 2. The summed E-state index contributed by atoms with van der Waals surface area (Å²) in [5, 5.41) is 7.08. The minimum absolute atomic E-state index is 0.175. The molecular weight excluding hydrogens is 301 g/mol. The Morgan fingerprint density at radius 2 is 1.95 bits per heavy atom. The van der Waals surface area contributed by atoms with E-state index in [9.17, 15) is 4.39 Å². The van der Waals surface area contributed by atoms with Gasteiger partial charge in [-0.3, -0.25) is 4.99 Å². The fourth-order valence-electron chi connectivity index (χ4n) is 2.07. The van der Waals surface area contributed by atoms with Gasteiger partial charge in [-0.05, 0) is 35.7 Å². The van der Waals surface area contributed by atoms with Crippen LogP contribution in [-0.2, 0) is 13.0 Å². The minimum atomic E-state index is -0.175. The zero-order valence-corrected chi connectivity index (χ0v) is 13.2. The van der Waals surface area contributed by atoms with Gasteiger partial charge in [-0.2, -0.15) is 0 Å². The molecule has 0 aliphatic heterocycles. The van der Waals surface area contributed by atoms with Crippen molar-refractivity contribution in [2.75, 3.05) is 13.6 Å². The molecule has 0 heterocycles. The van der Waals surface area contributed by atoms with Crippen molar-refractivity contribution in [1.29, 1.82) is 0 Å². The van der Waals surface area contributed by atoms with Gasteiger partial charge in [-0.15, -0.1) is 0 Å². The van der Waals surface area contributed by atoms with Crippen LogP contribution < -0.4 is 10.6 Å². The highest BCUT2D eigenvalue weighted by atomic mass is 35.5. The Kier molecular flexibility index (Phi) is 6.22. The van der Waals surface area contributed by atoms with E-state index in [4.69, 9.17) is 11.6 Å². The van der Waals surface area contributed by atoms with Gasteiger partial charge in [-0.1, -0.05) is 41.9 Å². The van der Waals surface area contributed by atoms with Crippen molar-refractivity contribution >= 4 is 17.6 Å². The zero-order valence-electron chi connectivity index (χ0n) is 12.4. The quantitative estimate of drug-likeness (QED) is 0.654. The molecule has 0 saturated heterocycles. The summed E-state index contributed by atoms with van der Waals surface area (Å²) in [5.74, 6) is 0.502. The highest BCUT2D eigenvalue weighted by molar-refractivity contribution is 6.30. The average molecular weight is 320 g/mol. The molecule has 0 bridgehead atoms. The van der Waals surface area contributed by atoms with E-state index in [0.717, 1.165) is 5.56 Å². The van der Waals surface area contributed by atoms with E-state index in [1.807, 2.05) is 30.3 Å². The van der Waals surface area contributed by atoms with Gasteiger partial charge in [-0.25, -0.2) is 4.39 Å². The molecule has 0 radical (unpaired) electrons. The summed E-state index contributed by atoms with van der Waals surface area (Å²) < 4.78 is 13.5. The second-order valence-corrected chi connectivity index (χ2v) is 5.26. The molecule has 2 aromatic carbocycles. The number of halogens is 2. The molecule has 5 heteroatoms. The molecule has 0 aromatic heterocycles. The molecule has 0 aliphatic carbocycles. The van der Waals surface area contributed by atoms with E-state index in [-0.39, 0.29) is 5.82 Å². The van der Waals surface area contributed by atoms with Crippen LogP contribution in [-0.4, -0.2) is 19.6 Å². The molecule has 3 nitrogen and oxygen atoms in total. The third-order valence-electron chi connectivity index (χ3n) is 3.22. The van der Waals surface area contributed by atoms with Crippen LogP contribution in [0, 0.1) is 5.82 Å². The van der Waals surface area contributed by atoms with Crippen LogP contribution in [0.1, 0.15) is 11.1 Å². The van der Waals surface area contributed by atoms with Crippen LogP contribution in [0.5, 0.6) is 0 Å². The van der Waals surface area contributed by atoms with Gasteiger partial charge in [0.2, 0.25) is 0 Å². The van der Waals surface area contributed by atoms with Crippen molar-refractivity contribution in [3.8, 4) is 0 Å². The Bertz CT molecular complexity index is 643. The molecule has 0 fully saturated rings. The smallest absolute Gasteiger partial charge is 0.191 e. The van der Waals surface area contributed by atoms with Gasteiger partial charge < -0.3 is 10.6 Å². The summed E-state index contributed by atoms with van der Waals surface area (Å²) in [4.78, 5) is 4.15. The predicted octanol–water partition coefficient (Wildman–Crippen LogP) is 3.39. The number of hydrogen-bond acceptors (Lipinski definition) is 1. The summed E-state index contributed by atoms with van der Waals surface area (Å²) in [6.45, 7) is 1.23.